The zero-order chi connectivity index (χ0) is 12.1. The first-order valence-corrected chi connectivity index (χ1v) is 5.89. The van der Waals surface area contributed by atoms with Gasteiger partial charge >= 0.3 is 0 Å². The van der Waals surface area contributed by atoms with E-state index in [1.807, 2.05) is 30.3 Å². The van der Waals surface area contributed by atoms with E-state index in [0.29, 0.717) is 6.61 Å². The smallest absolute Gasteiger partial charge is 0.225 e. The highest BCUT2D eigenvalue weighted by Gasteiger charge is 2.32. The van der Waals surface area contributed by atoms with Crippen LogP contribution in [0.3, 0.4) is 0 Å². The Morgan fingerprint density at radius 3 is 2.82 bits per heavy atom. The highest BCUT2D eigenvalue weighted by molar-refractivity contribution is 5.81. The van der Waals surface area contributed by atoms with E-state index in [2.05, 4.69) is 10.6 Å². The van der Waals surface area contributed by atoms with Gasteiger partial charge in [-0.2, -0.15) is 0 Å². The lowest BCUT2D eigenvalue weighted by atomic mass is 9.98. The van der Waals surface area contributed by atoms with Crippen molar-refractivity contribution in [2.75, 3.05) is 25.6 Å². The Morgan fingerprint density at radius 1 is 1.47 bits per heavy atom. The van der Waals surface area contributed by atoms with Crippen LogP contribution in [0.4, 0.5) is 5.69 Å². The number of benzene rings is 1. The van der Waals surface area contributed by atoms with Crippen LogP contribution < -0.4 is 10.6 Å². The second-order valence-corrected chi connectivity index (χ2v) is 4.26. The normalized spacial score (nSPS) is 21.0. The van der Waals surface area contributed by atoms with Crippen molar-refractivity contribution >= 4 is 11.6 Å². The topological polar surface area (TPSA) is 50.4 Å². The van der Waals surface area contributed by atoms with E-state index >= 15 is 0 Å². The summed E-state index contributed by atoms with van der Waals surface area (Å²) in [6.07, 6.45) is 0.868. The molecule has 1 amide bonds. The Kier molecular flexibility index (Phi) is 3.98. The summed E-state index contributed by atoms with van der Waals surface area (Å²) in [6.45, 7) is 1.30. The molecule has 1 heterocycles. The van der Waals surface area contributed by atoms with Crippen molar-refractivity contribution in [2.24, 2.45) is 5.92 Å². The SMILES string of the molecule is COC[C@H](Nc1ccccc1)[C@H]1CCNC1=O. The summed E-state index contributed by atoms with van der Waals surface area (Å²) in [5.74, 6) is 0.116. The van der Waals surface area contributed by atoms with Crippen LogP contribution in [-0.4, -0.2) is 32.2 Å². The molecule has 1 saturated heterocycles. The van der Waals surface area contributed by atoms with Crippen LogP contribution in [0, 0.1) is 5.92 Å². The van der Waals surface area contributed by atoms with Crippen molar-refractivity contribution in [1.29, 1.82) is 0 Å². The van der Waals surface area contributed by atoms with Crippen molar-refractivity contribution in [1.82, 2.24) is 5.32 Å². The largest absolute Gasteiger partial charge is 0.383 e. The van der Waals surface area contributed by atoms with Gasteiger partial charge in [-0.25, -0.2) is 0 Å². The fourth-order valence-corrected chi connectivity index (χ4v) is 2.18. The first-order chi connectivity index (χ1) is 8.31. The molecule has 0 aromatic heterocycles. The molecule has 4 heteroatoms. The molecule has 0 saturated carbocycles. The lowest BCUT2D eigenvalue weighted by Gasteiger charge is -2.23. The summed E-state index contributed by atoms with van der Waals surface area (Å²) in [5, 5.41) is 6.23. The van der Waals surface area contributed by atoms with Gasteiger partial charge in [-0.15, -0.1) is 0 Å². The Balaban J connectivity index is 2.04. The van der Waals surface area contributed by atoms with Gasteiger partial charge in [0.1, 0.15) is 0 Å². The van der Waals surface area contributed by atoms with Crippen molar-refractivity contribution < 1.29 is 9.53 Å². The van der Waals surface area contributed by atoms with Gasteiger partial charge in [0, 0.05) is 19.3 Å². The standard InChI is InChI=1S/C13H18N2O2/c1-17-9-12(11-7-8-14-13(11)16)15-10-5-3-2-4-6-10/h2-6,11-12,15H,7-9H2,1H3,(H,14,16)/t11-,12+/m1/s1. The van der Waals surface area contributed by atoms with Gasteiger partial charge in [0.25, 0.3) is 0 Å². The zero-order valence-electron chi connectivity index (χ0n) is 9.98. The van der Waals surface area contributed by atoms with Crippen LogP contribution in [0.5, 0.6) is 0 Å². The van der Waals surface area contributed by atoms with Gasteiger partial charge < -0.3 is 15.4 Å². The third-order valence-corrected chi connectivity index (χ3v) is 3.05. The van der Waals surface area contributed by atoms with E-state index in [9.17, 15) is 4.79 Å². The van der Waals surface area contributed by atoms with Crippen molar-refractivity contribution in [3.63, 3.8) is 0 Å². The minimum atomic E-state index is -0.00449. The molecule has 2 N–H and O–H groups in total. The highest BCUT2D eigenvalue weighted by atomic mass is 16.5. The number of para-hydroxylation sites is 1. The maximum absolute atomic E-state index is 11.7. The fourth-order valence-electron chi connectivity index (χ4n) is 2.18. The number of ether oxygens (including phenoxy) is 1. The fraction of sp³-hybridized carbons (Fsp3) is 0.462. The second kappa shape index (κ2) is 5.68. The van der Waals surface area contributed by atoms with Crippen LogP contribution in [0.15, 0.2) is 30.3 Å². The summed E-state index contributed by atoms with van der Waals surface area (Å²) in [5.41, 5.74) is 1.02. The van der Waals surface area contributed by atoms with Gasteiger partial charge in [-0.05, 0) is 18.6 Å². The number of carbonyl (C=O) groups excluding carboxylic acids is 1. The molecule has 92 valence electrons. The van der Waals surface area contributed by atoms with E-state index in [1.54, 1.807) is 7.11 Å². The van der Waals surface area contributed by atoms with Crippen LogP contribution in [-0.2, 0) is 9.53 Å². The monoisotopic (exact) mass is 234 g/mol. The Bertz CT molecular complexity index is 367. The highest BCUT2D eigenvalue weighted by Crippen LogP contribution is 2.19. The molecule has 0 radical (unpaired) electrons. The molecule has 1 aliphatic heterocycles. The van der Waals surface area contributed by atoms with E-state index in [-0.39, 0.29) is 17.9 Å². The van der Waals surface area contributed by atoms with Crippen molar-refractivity contribution in [3.8, 4) is 0 Å². The van der Waals surface area contributed by atoms with Crippen LogP contribution in [0.25, 0.3) is 0 Å². The number of hydrogen-bond donors (Lipinski definition) is 2. The number of amides is 1. The summed E-state index contributed by atoms with van der Waals surface area (Å²) >= 11 is 0. The number of carbonyl (C=O) groups is 1. The first-order valence-electron chi connectivity index (χ1n) is 5.89. The molecule has 4 nitrogen and oxygen atoms in total. The molecule has 2 atom stereocenters. The van der Waals surface area contributed by atoms with Gasteiger partial charge in [0.15, 0.2) is 0 Å². The maximum atomic E-state index is 11.7. The number of anilines is 1. The molecule has 1 aromatic carbocycles. The van der Waals surface area contributed by atoms with Crippen LogP contribution >= 0.6 is 0 Å². The molecule has 1 aromatic rings. The van der Waals surface area contributed by atoms with E-state index in [1.165, 1.54) is 0 Å². The van der Waals surface area contributed by atoms with Crippen molar-refractivity contribution in [2.45, 2.75) is 12.5 Å². The lowest BCUT2D eigenvalue weighted by Crippen LogP contribution is -2.37. The molecular formula is C13H18N2O2. The van der Waals surface area contributed by atoms with Gasteiger partial charge in [0.05, 0.1) is 18.6 Å². The molecular weight excluding hydrogens is 216 g/mol. The maximum Gasteiger partial charge on any atom is 0.225 e. The van der Waals surface area contributed by atoms with Crippen LogP contribution in [0.2, 0.25) is 0 Å². The zero-order valence-corrected chi connectivity index (χ0v) is 9.98. The van der Waals surface area contributed by atoms with Gasteiger partial charge in [-0.3, -0.25) is 4.79 Å². The molecule has 0 spiro atoms. The quantitative estimate of drug-likeness (QED) is 0.806. The lowest BCUT2D eigenvalue weighted by molar-refractivity contribution is -0.123. The van der Waals surface area contributed by atoms with Gasteiger partial charge in [0.2, 0.25) is 5.91 Å². The molecule has 1 fully saturated rings. The molecule has 0 bridgehead atoms. The summed E-state index contributed by atoms with van der Waals surface area (Å²) in [6, 6.07) is 9.94. The van der Waals surface area contributed by atoms with Crippen molar-refractivity contribution in [3.05, 3.63) is 30.3 Å². The number of nitrogens with one attached hydrogen (secondary N) is 2. The van der Waals surface area contributed by atoms with E-state index in [0.717, 1.165) is 18.7 Å². The summed E-state index contributed by atoms with van der Waals surface area (Å²) < 4.78 is 5.19. The Morgan fingerprint density at radius 2 is 2.24 bits per heavy atom. The molecule has 0 unspecified atom stereocenters. The van der Waals surface area contributed by atoms with Crippen LogP contribution in [0.1, 0.15) is 6.42 Å². The molecule has 1 aliphatic rings. The third-order valence-electron chi connectivity index (χ3n) is 3.05. The number of methoxy groups -OCH3 is 1. The minimum Gasteiger partial charge on any atom is -0.383 e. The first kappa shape index (κ1) is 11.9. The summed E-state index contributed by atoms with van der Waals surface area (Å²) in [4.78, 5) is 11.7. The third kappa shape index (κ3) is 2.97. The molecule has 0 aliphatic carbocycles. The second-order valence-electron chi connectivity index (χ2n) is 4.26. The van der Waals surface area contributed by atoms with E-state index in [4.69, 9.17) is 4.74 Å². The molecule has 17 heavy (non-hydrogen) atoms. The minimum absolute atomic E-state index is 0.00449. The summed E-state index contributed by atoms with van der Waals surface area (Å²) in [7, 11) is 1.66. The molecule has 2 rings (SSSR count). The average molecular weight is 234 g/mol. The number of hydrogen-bond acceptors (Lipinski definition) is 3. The predicted molar refractivity (Wildman–Crippen MR) is 66.8 cm³/mol. The Labute approximate surface area is 101 Å². The average Bonchev–Trinajstić information content (AvgIpc) is 2.76. The van der Waals surface area contributed by atoms with Gasteiger partial charge in [-0.1, -0.05) is 18.2 Å². The number of rotatable bonds is 5. The van der Waals surface area contributed by atoms with E-state index < -0.39 is 0 Å². The Hall–Kier alpha value is -1.55. The predicted octanol–water partition coefficient (Wildman–Crippen LogP) is 1.25.